The molecule has 0 saturated heterocycles. The van der Waals surface area contributed by atoms with Crippen LogP contribution in [0.4, 0.5) is 32.0 Å². The summed E-state index contributed by atoms with van der Waals surface area (Å²) in [5.41, 5.74) is -1.45. The minimum absolute atomic E-state index is 0.0908. The fourth-order valence-electron chi connectivity index (χ4n) is 2.39. The standard InChI is InChI=1S/C18H12F6N2OS/c1-27-9-2-3-11(13(19)4-9)16-5-10(8-25-16)28-26-17-7-14(20)12(6-15(17)21)18(22,23)24/h2-8,25-26H,1H3. The molecule has 3 aromatic rings. The lowest BCUT2D eigenvalue weighted by atomic mass is 10.1. The van der Waals surface area contributed by atoms with Crippen molar-refractivity contribution >= 4 is 17.6 Å². The third kappa shape index (κ3) is 4.22. The Balaban J connectivity index is 1.76. The average molecular weight is 418 g/mol. The van der Waals surface area contributed by atoms with Crippen LogP contribution in [0.5, 0.6) is 5.75 Å². The Bertz CT molecular complexity index is 1000. The molecule has 0 spiro atoms. The maximum Gasteiger partial charge on any atom is 0.419 e. The Morgan fingerprint density at radius 1 is 0.964 bits per heavy atom. The van der Waals surface area contributed by atoms with Crippen molar-refractivity contribution in [1.82, 2.24) is 4.98 Å². The van der Waals surface area contributed by atoms with Gasteiger partial charge in [-0.2, -0.15) is 13.2 Å². The number of anilines is 1. The Morgan fingerprint density at radius 3 is 2.36 bits per heavy atom. The highest BCUT2D eigenvalue weighted by Gasteiger charge is 2.35. The van der Waals surface area contributed by atoms with Crippen LogP contribution in [0.2, 0.25) is 0 Å². The van der Waals surface area contributed by atoms with Crippen molar-refractivity contribution < 1.29 is 31.1 Å². The zero-order chi connectivity index (χ0) is 20.5. The molecule has 2 N–H and O–H groups in total. The fourth-order valence-corrected chi connectivity index (χ4v) is 3.07. The highest BCUT2D eigenvalue weighted by Crippen LogP contribution is 2.35. The molecular weight excluding hydrogens is 406 g/mol. The van der Waals surface area contributed by atoms with Crippen LogP contribution in [-0.4, -0.2) is 12.1 Å². The monoisotopic (exact) mass is 418 g/mol. The van der Waals surface area contributed by atoms with E-state index in [-0.39, 0.29) is 11.6 Å². The minimum Gasteiger partial charge on any atom is -0.497 e. The average Bonchev–Trinajstić information content (AvgIpc) is 3.09. The zero-order valence-corrected chi connectivity index (χ0v) is 14.9. The van der Waals surface area contributed by atoms with Crippen LogP contribution >= 0.6 is 11.9 Å². The third-order valence-electron chi connectivity index (χ3n) is 3.76. The van der Waals surface area contributed by atoms with Gasteiger partial charge in [-0.15, -0.1) is 0 Å². The second kappa shape index (κ2) is 7.70. The molecular formula is C18H12F6N2OS. The molecule has 148 valence electrons. The Labute approximate surface area is 159 Å². The summed E-state index contributed by atoms with van der Waals surface area (Å²) in [6.45, 7) is 0. The Kier molecular flexibility index (Phi) is 5.50. The van der Waals surface area contributed by atoms with Crippen molar-refractivity contribution in [2.75, 3.05) is 11.8 Å². The van der Waals surface area contributed by atoms with E-state index in [0.717, 1.165) is 11.9 Å². The lowest BCUT2D eigenvalue weighted by Gasteiger charge is -2.11. The van der Waals surface area contributed by atoms with Crippen molar-refractivity contribution in [2.45, 2.75) is 11.1 Å². The minimum atomic E-state index is -4.99. The molecule has 3 nitrogen and oxygen atoms in total. The molecule has 0 aliphatic rings. The van der Waals surface area contributed by atoms with Gasteiger partial charge in [0.15, 0.2) is 0 Å². The van der Waals surface area contributed by atoms with Crippen LogP contribution in [0.25, 0.3) is 11.3 Å². The number of hydrogen-bond acceptors (Lipinski definition) is 3. The number of benzene rings is 2. The van der Waals surface area contributed by atoms with E-state index in [0.29, 0.717) is 22.4 Å². The largest absolute Gasteiger partial charge is 0.497 e. The number of alkyl halides is 3. The molecule has 2 aromatic carbocycles. The first-order valence-corrected chi connectivity index (χ1v) is 8.52. The van der Waals surface area contributed by atoms with Crippen molar-refractivity contribution in [2.24, 2.45) is 0 Å². The van der Waals surface area contributed by atoms with E-state index in [9.17, 15) is 26.3 Å². The van der Waals surface area contributed by atoms with Gasteiger partial charge < -0.3 is 14.4 Å². The molecule has 0 atom stereocenters. The van der Waals surface area contributed by atoms with Crippen molar-refractivity contribution in [1.29, 1.82) is 0 Å². The van der Waals surface area contributed by atoms with Crippen molar-refractivity contribution in [3.05, 3.63) is 65.6 Å². The first-order chi connectivity index (χ1) is 13.2. The molecule has 1 aromatic heterocycles. The zero-order valence-electron chi connectivity index (χ0n) is 14.1. The molecule has 3 rings (SSSR count). The lowest BCUT2D eigenvalue weighted by molar-refractivity contribution is -0.140. The maximum atomic E-state index is 14.1. The van der Waals surface area contributed by atoms with Gasteiger partial charge in [0.1, 0.15) is 23.2 Å². The van der Waals surface area contributed by atoms with Crippen LogP contribution in [-0.2, 0) is 6.18 Å². The number of methoxy groups -OCH3 is 1. The Hall–Kier alpha value is -2.75. The molecule has 1 heterocycles. The SMILES string of the molecule is COc1ccc(-c2cc(SNc3cc(F)c(C(F)(F)F)cc3F)c[nH]2)c(F)c1. The van der Waals surface area contributed by atoms with E-state index in [1.165, 1.54) is 25.4 Å². The fraction of sp³-hybridized carbons (Fsp3) is 0.111. The quantitative estimate of drug-likeness (QED) is 0.380. The van der Waals surface area contributed by atoms with Crippen molar-refractivity contribution in [3.8, 4) is 17.0 Å². The number of rotatable bonds is 5. The smallest absolute Gasteiger partial charge is 0.419 e. The molecule has 0 amide bonds. The topological polar surface area (TPSA) is 37.0 Å². The van der Waals surface area contributed by atoms with Gasteiger partial charge >= 0.3 is 6.18 Å². The number of aromatic nitrogens is 1. The van der Waals surface area contributed by atoms with E-state index >= 15 is 0 Å². The summed E-state index contributed by atoms with van der Waals surface area (Å²) < 4.78 is 86.7. The molecule has 28 heavy (non-hydrogen) atoms. The highest BCUT2D eigenvalue weighted by molar-refractivity contribution is 8.00. The predicted molar refractivity (Wildman–Crippen MR) is 93.6 cm³/mol. The molecule has 0 aliphatic heterocycles. The molecule has 0 radical (unpaired) electrons. The third-order valence-corrected chi connectivity index (χ3v) is 4.56. The van der Waals surface area contributed by atoms with Gasteiger partial charge in [-0.05, 0) is 36.2 Å². The van der Waals surface area contributed by atoms with E-state index < -0.39 is 34.9 Å². The van der Waals surface area contributed by atoms with Crippen LogP contribution in [0, 0.1) is 17.5 Å². The molecule has 0 aliphatic carbocycles. The summed E-state index contributed by atoms with van der Waals surface area (Å²) in [6.07, 6.45) is -3.51. The van der Waals surface area contributed by atoms with Gasteiger partial charge in [0.2, 0.25) is 0 Å². The van der Waals surface area contributed by atoms with Crippen LogP contribution in [0.1, 0.15) is 5.56 Å². The number of nitrogens with one attached hydrogen (secondary N) is 2. The second-order valence-electron chi connectivity index (χ2n) is 5.61. The molecule has 0 bridgehead atoms. The van der Waals surface area contributed by atoms with E-state index in [1.54, 1.807) is 12.1 Å². The molecule has 0 fully saturated rings. The summed E-state index contributed by atoms with van der Waals surface area (Å²) in [7, 11) is 1.41. The van der Waals surface area contributed by atoms with Crippen LogP contribution in [0.3, 0.4) is 0 Å². The number of aromatic amines is 1. The van der Waals surface area contributed by atoms with Gasteiger partial charge in [-0.25, -0.2) is 13.2 Å². The summed E-state index contributed by atoms with van der Waals surface area (Å²) in [6, 6.07) is 6.36. The first-order valence-electron chi connectivity index (χ1n) is 7.70. The highest BCUT2D eigenvalue weighted by atomic mass is 32.2. The summed E-state index contributed by atoms with van der Waals surface area (Å²) in [4.78, 5) is 3.31. The number of ether oxygens (including phenoxy) is 1. The first kappa shape index (κ1) is 20.0. The van der Waals surface area contributed by atoms with Gasteiger partial charge in [0.05, 0.1) is 18.4 Å². The van der Waals surface area contributed by atoms with Crippen molar-refractivity contribution in [3.63, 3.8) is 0 Å². The van der Waals surface area contributed by atoms with E-state index in [4.69, 9.17) is 4.74 Å². The van der Waals surface area contributed by atoms with Gasteiger partial charge in [0, 0.05) is 34.5 Å². The Morgan fingerprint density at radius 2 is 1.71 bits per heavy atom. The van der Waals surface area contributed by atoms with E-state index in [1.807, 2.05) is 0 Å². The van der Waals surface area contributed by atoms with Gasteiger partial charge in [0.25, 0.3) is 0 Å². The van der Waals surface area contributed by atoms with Gasteiger partial charge in [-0.1, -0.05) is 0 Å². The summed E-state index contributed by atoms with van der Waals surface area (Å²) >= 11 is 0.822. The number of hydrogen-bond donors (Lipinski definition) is 2. The van der Waals surface area contributed by atoms with E-state index in [2.05, 4.69) is 9.71 Å². The number of halogens is 6. The molecule has 10 heteroatoms. The summed E-state index contributed by atoms with van der Waals surface area (Å²) in [5.74, 6) is -3.02. The van der Waals surface area contributed by atoms with Crippen LogP contribution in [0.15, 0.2) is 47.5 Å². The van der Waals surface area contributed by atoms with Gasteiger partial charge in [-0.3, -0.25) is 0 Å². The predicted octanol–water partition coefficient (Wildman–Crippen LogP) is 6.25. The van der Waals surface area contributed by atoms with Crippen LogP contribution < -0.4 is 9.46 Å². The molecule has 0 saturated carbocycles. The normalized spacial score (nSPS) is 11.5. The summed E-state index contributed by atoms with van der Waals surface area (Å²) in [5, 5.41) is 0. The lowest BCUT2D eigenvalue weighted by Crippen LogP contribution is -2.09. The number of H-pyrrole nitrogens is 1. The maximum absolute atomic E-state index is 14.1. The second-order valence-corrected chi connectivity index (χ2v) is 6.49. The molecule has 0 unspecified atom stereocenters.